The molecule has 1 saturated heterocycles. The van der Waals surface area contributed by atoms with E-state index in [1.165, 1.54) is 18.5 Å². The van der Waals surface area contributed by atoms with Gasteiger partial charge in [-0.25, -0.2) is 9.97 Å². The molecule has 3 heterocycles. The second-order valence-electron chi connectivity index (χ2n) is 4.73. The van der Waals surface area contributed by atoms with Crippen LogP contribution in [-0.4, -0.2) is 35.1 Å². The predicted molar refractivity (Wildman–Crippen MR) is 83.7 cm³/mol. The molecule has 0 aromatic carbocycles. The van der Waals surface area contributed by atoms with E-state index in [0.717, 1.165) is 13.1 Å². The first-order valence-corrected chi connectivity index (χ1v) is 7.33. The lowest BCUT2D eigenvalue weighted by molar-refractivity contribution is 0.102. The minimum Gasteiger partial charge on any atom is -0.470 e. The van der Waals surface area contributed by atoms with Crippen molar-refractivity contribution < 1.29 is 9.53 Å². The highest BCUT2D eigenvalue weighted by molar-refractivity contribution is 6.31. The van der Waals surface area contributed by atoms with E-state index in [1.807, 2.05) is 0 Å². The number of nitrogens with one attached hydrogen (secondary N) is 2. The molecule has 6 nitrogen and oxygen atoms in total. The van der Waals surface area contributed by atoms with Gasteiger partial charge in [-0.05, 0) is 18.2 Å². The van der Waals surface area contributed by atoms with Gasteiger partial charge in [0.1, 0.15) is 16.9 Å². The molecule has 0 bridgehead atoms. The SMILES string of the molecule is O=C(Nc1cc(Cl)cnc1OC1CNC1)c1ccnc(Cl)c1. The van der Waals surface area contributed by atoms with E-state index in [4.69, 9.17) is 27.9 Å². The molecule has 0 atom stereocenters. The number of hydrogen-bond donors (Lipinski definition) is 2. The normalized spacial score (nSPS) is 14.3. The molecule has 1 aliphatic heterocycles. The van der Waals surface area contributed by atoms with Crippen LogP contribution in [0, 0.1) is 0 Å². The first-order chi connectivity index (χ1) is 10.6. The molecule has 8 heteroatoms. The van der Waals surface area contributed by atoms with Crippen LogP contribution in [0.1, 0.15) is 10.4 Å². The fraction of sp³-hybridized carbons (Fsp3) is 0.214. The molecule has 2 N–H and O–H groups in total. The standard InChI is InChI=1S/C14H12Cl2N4O2/c15-9-4-11(14(19-5-9)22-10-6-17-7-10)20-13(21)8-1-2-18-12(16)3-8/h1-5,10,17H,6-7H2,(H,20,21). The molecular weight excluding hydrogens is 327 g/mol. The van der Waals surface area contributed by atoms with E-state index >= 15 is 0 Å². The molecule has 22 heavy (non-hydrogen) atoms. The molecule has 0 radical (unpaired) electrons. The molecule has 0 spiro atoms. The molecule has 0 saturated carbocycles. The number of anilines is 1. The van der Waals surface area contributed by atoms with E-state index in [2.05, 4.69) is 20.6 Å². The molecule has 1 amide bonds. The van der Waals surface area contributed by atoms with Gasteiger partial charge >= 0.3 is 0 Å². The minimum atomic E-state index is -0.343. The van der Waals surface area contributed by atoms with Crippen molar-refractivity contribution >= 4 is 34.8 Å². The number of hydrogen-bond acceptors (Lipinski definition) is 5. The van der Waals surface area contributed by atoms with E-state index < -0.39 is 0 Å². The Hall–Kier alpha value is -1.89. The van der Waals surface area contributed by atoms with Crippen LogP contribution < -0.4 is 15.4 Å². The Morgan fingerprint density at radius 2 is 2.14 bits per heavy atom. The summed E-state index contributed by atoms with van der Waals surface area (Å²) in [5.41, 5.74) is 0.800. The number of ether oxygens (including phenoxy) is 1. The number of nitrogens with zero attached hydrogens (tertiary/aromatic N) is 2. The maximum atomic E-state index is 12.3. The summed E-state index contributed by atoms with van der Waals surface area (Å²) < 4.78 is 5.71. The Morgan fingerprint density at radius 3 is 2.82 bits per heavy atom. The third-order valence-corrected chi connectivity index (χ3v) is 3.49. The van der Waals surface area contributed by atoms with Crippen molar-refractivity contribution in [2.45, 2.75) is 6.10 Å². The Bertz CT molecular complexity index is 707. The molecule has 2 aromatic heterocycles. The second kappa shape index (κ2) is 6.48. The largest absolute Gasteiger partial charge is 0.470 e. The summed E-state index contributed by atoms with van der Waals surface area (Å²) in [5.74, 6) is -0.00523. The lowest BCUT2D eigenvalue weighted by Crippen LogP contribution is -2.50. The van der Waals surface area contributed by atoms with Gasteiger partial charge in [0.05, 0.1) is 5.02 Å². The van der Waals surface area contributed by atoms with Crippen molar-refractivity contribution in [3.8, 4) is 5.88 Å². The summed E-state index contributed by atoms with van der Waals surface area (Å²) in [6.45, 7) is 1.50. The molecule has 2 aromatic rings. The van der Waals surface area contributed by atoms with Crippen molar-refractivity contribution in [3.05, 3.63) is 46.3 Å². The molecular formula is C14H12Cl2N4O2. The third kappa shape index (κ3) is 3.47. The van der Waals surface area contributed by atoms with Crippen LogP contribution in [-0.2, 0) is 0 Å². The lowest BCUT2D eigenvalue weighted by Gasteiger charge is -2.28. The number of pyridine rings is 2. The molecule has 1 fully saturated rings. The summed E-state index contributed by atoms with van der Waals surface area (Å²) in [6, 6.07) is 4.64. The maximum Gasteiger partial charge on any atom is 0.255 e. The maximum absolute atomic E-state index is 12.3. The van der Waals surface area contributed by atoms with Gasteiger partial charge in [0.2, 0.25) is 5.88 Å². The van der Waals surface area contributed by atoms with Crippen molar-refractivity contribution in [2.75, 3.05) is 18.4 Å². The number of rotatable bonds is 4. The van der Waals surface area contributed by atoms with Crippen LogP contribution in [0.5, 0.6) is 5.88 Å². The Morgan fingerprint density at radius 1 is 1.32 bits per heavy atom. The topological polar surface area (TPSA) is 76.1 Å². The summed E-state index contributed by atoms with van der Waals surface area (Å²) in [7, 11) is 0. The average molecular weight is 339 g/mol. The quantitative estimate of drug-likeness (QED) is 0.837. The van der Waals surface area contributed by atoms with Crippen LogP contribution in [0.3, 0.4) is 0 Å². The van der Waals surface area contributed by atoms with Gasteiger partial charge in [-0.15, -0.1) is 0 Å². The zero-order chi connectivity index (χ0) is 15.5. The van der Waals surface area contributed by atoms with Crippen LogP contribution in [0.2, 0.25) is 10.2 Å². The van der Waals surface area contributed by atoms with Gasteiger partial charge < -0.3 is 15.4 Å². The minimum absolute atomic E-state index is 0.0414. The van der Waals surface area contributed by atoms with Gasteiger partial charge in [-0.1, -0.05) is 23.2 Å². The van der Waals surface area contributed by atoms with E-state index in [0.29, 0.717) is 22.2 Å². The molecule has 0 unspecified atom stereocenters. The fourth-order valence-electron chi connectivity index (χ4n) is 1.85. The number of carbonyl (C=O) groups excluding carboxylic acids is 1. The number of amides is 1. The van der Waals surface area contributed by atoms with Crippen molar-refractivity contribution in [1.29, 1.82) is 0 Å². The van der Waals surface area contributed by atoms with Gasteiger partial charge in [-0.2, -0.15) is 0 Å². The smallest absolute Gasteiger partial charge is 0.255 e. The molecule has 0 aliphatic carbocycles. The monoisotopic (exact) mass is 338 g/mol. The first kappa shape index (κ1) is 15.0. The summed E-state index contributed by atoms with van der Waals surface area (Å²) in [5, 5.41) is 6.48. The van der Waals surface area contributed by atoms with E-state index in [9.17, 15) is 4.79 Å². The summed E-state index contributed by atoms with van der Waals surface area (Å²) in [4.78, 5) is 20.2. The van der Waals surface area contributed by atoms with E-state index in [-0.39, 0.29) is 17.2 Å². The zero-order valence-corrected chi connectivity index (χ0v) is 12.9. The molecule has 1 aliphatic rings. The Labute approximate surface area is 136 Å². The fourth-order valence-corrected chi connectivity index (χ4v) is 2.18. The first-order valence-electron chi connectivity index (χ1n) is 6.57. The molecule has 114 valence electrons. The average Bonchev–Trinajstić information content (AvgIpc) is 2.44. The van der Waals surface area contributed by atoms with Crippen molar-refractivity contribution in [2.24, 2.45) is 0 Å². The number of halogens is 2. The van der Waals surface area contributed by atoms with Crippen LogP contribution >= 0.6 is 23.2 Å². The van der Waals surface area contributed by atoms with Crippen molar-refractivity contribution in [1.82, 2.24) is 15.3 Å². The van der Waals surface area contributed by atoms with Gasteiger partial charge in [-0.3, -0.25) is 4.79 Å². The number of carbonyl (C=O) groups is 1. The highest BCUT2D eigenvalue weighted by Gasteiger charge is 2.21. The van der Waals surface area contributed by atoms with Crippen LogP contribution in [0.25, 0.3) is 0 Å². The van der Waals surface area contributed by atoms with Crippen LogP contribution in [0.15, 0.2) is 30.6 Å². The summed E-state index contributed by atoms with van der Waals surface area (Å²) >= 11 is 11.7. The van der Waals surface area contributed by atoms with Crippen LogP contribution in [0.4, 0.5) is 5.69 Å². The lowest BCUT2D eigenvalue weighted by atomic mass is 10.2. The van der Waals surface area contributed by atoms with Crippen molar-refractivity contribution in [3.63, 3.8) is 0 Å². The van der Waals surface area contributed by atoms with Gasteiger partial charge in [0.25, 0.3) is 5.91 Å². The Balaban J connectivity index is 1.80. The van der Waals surface area contributed by atoms with E-state index in [1.54, 1.807) is 12.1 Å². The highest BCUT2D eigenvalue weighted by atomic mass is 35.5. The van der Waals surface area contributed by atoms with Gasteiger partial charge in [0, 0.05) is 31.0 Å². The summed E-state index contributed by atoms with van der Waals surface area (Å²) in [6.07, 6.45) is 2.98. The highest BCUT2D eigenvalue weighted by Crippen LogP contribution is 2.27. The zero-order valence-electron chi connectivity index (χ0n) is 11.3. The molecule has 3 rings (SSSR count). The number of aromatic nitrogens is 2. The Kier molecular flexibility index (Phi) is 4.42. The predicted octanol–water partition coefficient (Wildman–Crippen LogP) is 2.39. The third-order valence-electron chi connectivity index (χ3n) is 3.08. The van der Waals surface area contributed by atoms with Gasteiger partial charge in [0.15, 0.2) is 0 Å². The second-order valence-corrected chi connectivity index (χ2v) is 5.55.